The molecular formula is C18H39IN4O2. The van der Waals surface area contributed by atoms with E-state index in [2.05, 4.69) is 34.8 Å². The summed E-state index contributed by atoms with van der Waals surface area (Å²) in [6.45, 7) is 15.0. The van der Waals surface area contributed by atoms with E-state index >= 15 is 0 Å². The van der Waals surface area contributed by atoms with Gasteiger partial charge in [-0.2, -0.15) is 0 Å². The maximum Gasteiger partial charge on any atom is 0.225 e. The summed E-state index contributed by atoms with van der Waals surface area (Å²) >= 11 is 0. The van der Waals surface area contributed by atoms with Crippen LogP contribution in [0, 0.1) is 17.3 Å². The molecule has 0 fully saturated rings. The molecule has 0 aromatic rings. The Morgan fingerprint density at radius 3 is 2.20 bits per heavy atom. The Balaban J connectivity index is 0. The molecule has 0 aromatic carbocycles. The van der Waals surface area contributed by atoms with Crippen LogP contribution in [0.4, 0.5) is 0 Å². The van der Waals surface area contributed by atoms with Crippen molar-refractivity contribution in [3.05, 3.63) is 0 Å². The molecular weight excluding hydrogens is 431 g/mol. The van der Waals surface area contributed by atoms with Crippen LogP contribution in [0.15, 0.2) is 4.99 Å². The van der Waals surface area contributed by atoms with Crippen molar-refractivity contribution in [2.75, 3.05) is 32.8 Å². The Morgan fingerprint density at radius 1 is 1.12 bits per heavy atom. The minimum atomic E-state index is -0.368. The SMILES string of the molecule is CCNC(=NCC(CCO)CC(C)C)NCCNC(=O)C(C)(C)C.I. The van der Waals surface area contributed by atoms with Crippen molar-refractivity contribution in [1.29, 1.82) is 0 Å². The molecule has 1 atom stereocenters. The maximum atomic E-state index is 11.8. The highest BCUT2D eigenvalue weighted by molar-refractivity contribution is 14.0. The van der Waals surface area contributed by atoms with Crippen molar-refractivity contribution < 1.29 is 9.90 Å². The van der Waals surface area contributed by atoms with Crippen LogP contribution >= 0.6 is 24.0 Å². The molecule has 1 amide bonds. The van der Waals surface area contributed by atoms with E-state index in [1.165, 1.54) is 0 Å². The van der Waals surface area contributed by atoms with Gasteiger partial charge in [-0.25, -0.2) is 0 Å². The van der Waals surface area contributed by atoms with Crippen LogP contribution in [-0.2, 0) is 4.79 Å². The largest absolute Gasteiger partial charge is 0.396 e. The predicted molar refractivity (Wildman–Crippen MR) is 117 cm³/mol. The number of carbonyl (C=O) groups is 1. The fraction of sp³-hybridized carbons (Fsp3) is 0.889. The highest BCUT2D eigenvalue weighted by Gasteiger charge is 2.20. The Bertz CT molecular complexity index is 382. The summed E-state index contributed by atoms with van der Waals surface area (Å²) in [6.07, 6.45) is 1.84. The number of nitrogens with one attached hydrogen (secondary N) is 3. The van der Waals surface area contributed by atoms with Gasteiger partial charge in [0, 0.05) is 38.2 Å². The number of guanidine groups is 1. The molecule has 0 aliphatic rings. The summed E-state index contributed by atoms with van der Waals surface area (Å²) in [4.78, 5) is 16.4. The second-order valence-corrected chi connectivity index (χ2v) is 7.66. The summed E-state index contributed by atoms with van der Waals surface area (Å²) in [5.41, 5.74) is -0.368. The van der Waals surface area contributed by atoms with E-state index < -0.39 is 0 Å². The Hall–Kier alpha value is -0.570. The second kappa shape index (κ2) is 14.6. The molecule has 4 N–H and O–H groups in total. The number of aliphatic hydroxyl groups is 1. The highest BCUT2D eigenvalue weighted by Crippen LogP contribution is 2.15. The van der Waals surface area contributed by atoms with Crippen molar-refractivity contribution >= 4 is 35.8 Å². The smallest absolute Gasteiger partial charge is 0.225 e. The zero-order valence-electron chi connectivity index (χ0n) is 16.8. The van der Waals surface area contributed by atoms with Crippen LogP contribution in [0.3, 0.4) is 0 Å². The predicted octanol–water partition coefficient (Wildman–Crippen LogP) is 2.37. The average Bonchev–Trinajstić information content (AvgIpc) is 2.47. The number of nitrogens with zero attached hydrogens (tertiary/aromatic N) is 1. The molecule has 0 heterocycles. The molecule has 0 aliphatic heterocycles. The summed E-state index contributed by atoms with van der Waals surface area (Å²) in [5, 5.41) is 18.6. The second-order valence-electron chi connectivity index (χ2n) is 7.66. The van der Waals surface area contributed by atoms with Crippen LogP contribution in [0.5, 0.6) is 0 Å². The van der Waals surface area contributed by atoms with Gasteiger partial charge in [-0.05, 0) is 31.6 Å². The average molecular weight is 470 g/mol. The minimum Gasteiger partial charge on any atom is -0.396 e. The maximum absolute atomic E-state index is 11.8. The third-order valence-corrected chi connectivity index (χ3v) is 3.58. The first-order valence-corrected chi connectivity index (χ1v) is 9.12. The van der Waals surface area contributed by atoms with Crippen molar-refractivity contribution in [2.24, 2.45) is 22.2 Å². The first-order valence-electron chi connectivity index (χ1n) is 9.12. The topological polar surface area (TPSA) is 85.8 Å². The summed E-state index contributed by atoms with van der Waals surface area (Å²) in [6, 6.07) is 0. The Kier molecular flexibility index (Phi) is 15.6. The van der Waals surface area contributed by atoms with Gasteiger partial charge in [0.1, 0.15) is 0 Å². The number of carbonyl (C=O) groups excluding carboxylic acids is 1. The Labute approximate surface area is 171 Å². The molecule has 0 radical (unpaired) electrons. The number of halogens is 1. The van der Waals surface area contributed by atoms with Gasteiger partial charge in [-0.1, -0.05) is 34.6 Å². The van der Waals surface area contributed by atoms with E-state index in [0.29, 0.717) is 31.5 Å². The van der Waals surface area contributed by atoms with E-state index in [4.69, 9.17) is 0 Å². The molecule has 0 saturated heterocycles. The highest BCUT2D eigenvalue weighted by atomic mass is 127. The first kappa shape index (κ1) is 26.7. The fourth-order valence-corrected chi connectivity index (χ4v) is 2.32. The van der Waals surface area contributed by atoms with E-state index in [-0.39, 0.29) is 41.9 Å². The van der Waals surface area contributed by atoms with Gasteiger partial charge >= 0.3 is 0 Å². The van der Waals surface area contributed by atoms with Gasteiger partial charge < -0.3 is 21.1 Å². The fourth-order valence-electron chi connectivity index (χ4n) is 2.32. The van der Waals surface area contributed by atoms with Crippen molar-refractivity contribution in [2.45, 2.75) is 54.4 Å². The lowest BCUT2D eigenvalue weighted by molar-refractivity contribution is -0.128. The van der Waals surface area contributed by atoms with E-state index in [1.54, 1.807) is 0 Å². The molecule has 0 spiro atoms. The summed E-state index contributed by atoms with van der Waals surface area (Å²) < 4.78 is 0. The molecule has 0 saturated carbocycles. The summed E-state index contributed by atoms with van der Waals surface area (Å²) in [7, 11) is 0. The molecule has 0 bridgehead atoms. The minimum absolute atomic E-state index is 0. The van der Waals surface area contributed by atoms with Gasteiger partial charge in [0.25, 0.3) is 0 Å². The van der Waals surface area contributed by atoms with Gasteiger partial charge in [0.2, 0.25) is 5.91 Å². The number of hydrogen-bond donors (Lipinski definition) is 4. The monoisotopic (exact) mass is 470 g/mol. The normalized spacial score (nSPS) is 13.2. The van der Waals surface area contributed by atoms with Crippen LogP contribution in [0.25, 0.3) is 0 Å². The molecule has 1 unspecified atom stereocenters. The third kappa shape index (κ3) is 14.3. The molecule has 0 aromatic heterocycles. The van der Waals surface area contributed by atoms with E-state index in [0.717, 1.165) is 25.3 Å². The zero-order chi connectivity index (χ0) is 18.6. The number of aliphatic hydroxyl groups excluding tert-OH is 1. The lowest BCUT2D eigenvalue weighted by Gasteiger charge is -2.19. The number of amides is 1. The lowest BCUT2D eigenvalue weighted by Crippen LogP contribution is -2.43. The van der Waals surface area contributed by atoms with Gasteiger partial charge in [0.15, 0.2) is 5.96 Å². The number of aliphatic imine (C=N–C) groups is 1. The van der Waals surface area contributed by atoms with Crippen molar-refractivity contribution in [1.82, 2.24) is 16.0 Å². The van der Waals surface area contributed by atoms with Crippen molar-refractivity contribution in [3.8, 4) is 0 Å². The van der Waals surface area contributed by atoms with Crippen LogP contribution < -0.4 is 16.0 Å². The molecule has 0 rings (SSSR count). The van der Waals surface area contributed by atoms with E-state index in [9.17, 15) is 9.90 Å². The zero-order valence-corrected chi connectivity index (χ0v) is 19.1. The van der Waals surface area contributed by atoms with Gasteiger partial charge in [-0.15, -0.1) is 24.0 Å². The number of rotatable bonds is 10. The first-order chi connectivity index (χ1) is 11.2. The van der Waals surface area contributed by atoms with Crippen LogP contribution in [0.2, 0.25) is 0 Å². The van der Waals surface area contributed by atoms with Crippen molar-refractivity contribution in [3.63, 3.8) is 0 Å². The molecule has 7 heteroatoms. The molecule has 0 aliphatic carbocycles. The molecule has 6 nitrogen and oxygen atoms in total. The molecule has 25 heavy (non-hydrogen) atoms. The van der Waals surface area contributed by atoms with Gasteiger partial charge in [0.05, 0.1) is 0 Å². The quantitative estimate of drug-likeness (QED) is 0.171. The van der Waals surface area contributed by atoms with E-state index in [1.807, 2.05) is 27.7 Å². The third-order valence-electron chi connectivity index (χ3n) is 3.58. The van der Waals surface area contributed by atoms with Crippen LogP contribution in [0.1, 0.15) is 54.4 Å². The lowest BCUT2D eigenvalue weighted by atomic mass is 9.94. The van der Waals surface area contributed by atoms with Gasteiger partial charge in [-0.3, -0.25) is 9.79 Å². The molecule has 150 valence electrons. The summed E-state index contributed by atoms with van der Waals surface area (Å²) in [5.74, 6) is 1.80. The standard InChI is InChI=1S/C18H38N4O2.HI/c1-7-19-17(21-10-9-20-16(24)18(4,5)6)22-13-15(8-11-23)12-14(2)3;/h14-15,23H,7-13H2,1-6H3,(H,20,24)(H2,19,21,22);1H. The Morgan fingerprint density at radius 2 is 1.72 bits per heavy atom. The van der Waals surface area contributed by atoms with Crippen LogP contribution in [-0.4, -0.2) is 49.8 Å². The number of hydrogen-bond acceptors (Lipinski definition) is 3.